The fraction of sp³-hybridized carbons (Fsp3) is 0.417. The average molecular weight is 347 g/mol. The fourth-order valence-electron chi connectivity index (χ4n) is 4.80. The minimum atomic E-state index is 0.692. The first-order valence-electron chi connectivity index (χ1n) is 9.98. The van der Waals surface area contributed by atoms with E-state index >= 15 is 0 Å². The van der Waals surface area contributed by atoms with E-state index < -0.39 is 0 Å². The summed E-state index contributed by atoms with van der Waals surface area (Å²) in [5.74, 6) is 1.55. The molecule has 2 nitrogen and oxygen atoms in total. The third-order valence-corrected chi connectivity index (χ3v) is 6.20. The van der Waals surface area contributed by atoms with Gasteiger partial charge in [-0.2, -0.15) is 0 Å². The first-order valence-corrected chi connectivity index (χ1v) is 9.98. The summed E-state index contributed by atoms with van der Waals surface area (Å²) in [6, 6.07) is 22.5. The summed E-state index contributed by atoms with van der Waals surface area (Å²) in [6.45, 7) is 9.75. The predicted molar refractivity (Wildman–Crippen MR) is 109 cm³/mol. The Morgan fingerprint density at radius 3 is 2.08 bits per heavy atom. The quantitative estimate of drug-likeness (QED) is 0.677. The van der Waals surface area contributed by atoms with Gasteiger partial charge >= 0.3 is 0 Å². The van der Waals surface area contributed by atoms with Gasteiger partial charge in [0.1, 0.15) is 0 Å². The van der Waals surface area contributed by atoms with Crippen LogP contribution in [-0.2, 0) is 13.1 Å². The zero-order chi connectivity index (χ0) is 17.8. The Hall–Kier alpha value is -1.90. The summed E-state index contributed by atoms with van der Waals surface area (Å²) in [4.78, 5) is 5.36. The number of nitrogens with zero attached hydrogens (tertiary/aromatic N) is 2. The van der Waals surface area contributed by atoms with E-state index in [1.54, 1.807) is 0 Å². The Morgan fingerprint density at radius 2 is 1.58 bits per heavy atom. The SMILES string of the molecule is C=C[C@H]1CN2CC[C@H]1C[C@@H]2CN(Cc1ccccc1)Cc1ccccc1. The molecule has 0 saturated carbocycles. The van der Waals surface area contributed by atoms with Gasteiger partial charge in [-0.1, -0.05) is 66.7 Å². The molecule has 26 heavy (non-hydrogen) atoms. The molecule has 0 radical (unpaired) electrons. The molecule has 5 rings (SSSR count). The molecular formula is C24H30N2. The molecule has 2 aromatic rings. The van der Waals surface area contributed by atoms with E-state index in [1.807, 2.05) is 0 Å². The van der Waals surface area contributed by atoms with Crippen LogP contribution in [0.1, 0.15) is 24.0 Å². The number of hydrogen-bond donors (Lipinski definition) is 0. The Labute approximate surface area is 158 Å². The topological polar surface area (TPSA) is 6.48 Å². The van der Waals surface area contributed by atoms with Crippen LogP contribution in [0.2, 0.25) is 0 Å². The number of piperidine rings is 3. The molecule has 136 valence electrons. The predicted octanol–water partition coefficient (Wildman–Crippen LogP) is 4.59. The summed E-state index contributed by atoms with van der Waals surface area (Å²) in [6.07, 6.45) is 4.88. The molecule has 4 atom stereocenters. The van der Waals surface area contributed by atoms with Crippen LogP contribution >= 0.6 is 0 Å². The van der Waals surface area contributed by atoms with E-state index in [-0.39, 0.29) is 0 Å². The van der Waals surface area contributed by atoms with Gasteiger partial charge in [0.25, 0.3) is 0 Å². The monoisotopic (exact) mass is 346 g/mol. The molecule has 0 aromatic heterocycles. The molecule has 0 aliphatic carbocycles. The van der Waals surface area contributed by atoms with Crippen molar-refractivity contribution in [3.05, 3.63) is 84.4 Å². The van der Waals surface area contributed by atoms with E-state index in [4.69, 9.17) is 0 Å². The zero-order valence-corrected chi connectivity index (χ0v) is 15.6. The third-order valence-electron chi connectivity index (χ3n) is 6.20. The van der Waals surface area contributed by atoms with E-state index in [9.17, 15) is 0 Å². The standard InChI is InChI=1S/C24H30N2/c1-2-22-18-26-14-13-23(22)15-24(26)19-25(16-20-9-5-3-6-10-20)17-21-11-7-4-8-12-21/h2-12,22-24H,1,13-19H2/t22-,23-,24+/m0/s1. The van der Waals surface area contributed by atoms with Gasteiger partial charge in [-0.05, 0) is 42.3 Å². The number of fused-ring (bicyclic) bond motifs is 3. The lowest BCUT2D eigenvalue weighted by Gasteiger charge is -2.50. The molecule has 2 aromatic carbocycles. The van der Waals surface area contributed by atoms with Crippen molar-refractivity contribution in [1.82, 2.24) is 9.80 Å². The maximum atomic E-state index is 4.06. The molecule has 0 spiro atoms. The summed E-state index contributed by atoms with van der Waals surface area (Å²) >= 11 is 0. The van der Waals surface area contributed by atoms with Crippen molar-refractivity contribution >= 4 is 0 Å². The van der Waals surface area contributed by atoms with Crippen molar-refractivity contribution in [2.24, 2.45) is 11.8 Å². The molecule has 1 unspecified atom stereocenters. The van der Waals surface area contributed by atoms with Gasteiger partial charge < -0.3 is 0 Å². The van der Waals surface area contributed by atoms with Crippen LogP contribution in [-0.4, -0.2) is 35.5 Å². The Bertz CT molecular complexity index is 655. The van der Waals surface area contributed by atoms with Crippen LogP contribution in [0.3, 0.4) is 0 Å². The second-order valence-corrected chi connectivity index (χ2v) is 7.97. The zero-order valence-electron chi connectivity index (χ0n) is 15.6. The lowest BCUT2D eigenvalue weighted by atomic mass is 9.75. The van der Waals surface area contributed by atoms with Gasteiger partial charge in [-0.25, -0.2) is 0 Å². The van der Waals surface area contributed by atoms with Crippen molar-refractivity contribution in [2.45, 2.75) is 32.0 Å². The lowest BCUT2D eigenvalue weighted by molar-refractivity contribution is 0.000117. The van der Waals surface area contributed by atoms with Gasteiger partial charge in [0.15, 0.2) is 0 Å². The molecule has 0 N–H and O–H groups in total. The van der Waals surface area contributed by atoms with Gasteiger partial charge in [-0.3, -0.25) is 9.80 Å². The molecule has 3 aliphatic heterocycles. The molecule has 3 heterocycles. The van der Waals surface area contributed by atoms with Crippen molar-refractivity contribution in [1.29, 1.82) is 0 Å². The van der Waals surface area contributed by atoms with Gasteiger partial charge in [0.05, 0.1) is 0 Å². The highest BCUT2D eigenvalue weighted by molar-refractivity contribution is 5.17. The summed E-state index contributed by atoms with van der Waals surface area (Å²) in [5.41, 5.74) is 2.81. The molecule has 3 aliphatic rings. The lowest BCUT2D eigenvalue weighted by Crippen LogP contribution is -2.56. The van der Waals surface area contributed by atoms with E-state index in [2.05, 4.69) is 83.1 Å². The Balaban J connectivity index is 1.47. The largest absolute Gasteiger partial charge is 0.298 e. The number of benzene rings is 2. The number of hydrogen-bond acceptors (Lipinski definition) is 2. The van der Waals surface area contributed by atoms with Crippen molar-refractivity contribution in [3.8, 4) is 0 Å². The molecular weight excluding hydrogens is 316 g/mol. The minimum absolute atomic E-state index is 0.692. The van der Waals surface area contributed by atoms with Crippen LogP contribution in [0.25, 0.3) is 0 Å². The highest BCUT2D eigenvalue weighted by atomic mass is 15.2. The van der Waals surface area contributed by atoms with Crippen LogP contribution in [0.15, 0.2) is 73.3 Å². The van der Waals surface area contributed by atoms with Crippen molar-refractivity contribution in [2.75, 3.05) is 19.6 Å². The van der Waals surface area contributed by atoms with Gasteiger partial charge in [-0.15, -0.1) is 6.58 Å². The first-order chi connectivity index (χ1) is 12.8. The van der Waals surface area contributed by atoms with Crippen molar-refractivity contribution < 1.29 is 0 Å². The van der Waals surface area contributed by atoms with Gasteiger partial charge in [0, 0.05) is 32.2 Å². The molecule has 0 amide bonds. The second-order valence-electron chi connectivity index (χ2n) is 7.97. The van der Waals surface area contributed by atoms with E-state index in [1.165, 1.54) is 37.1 Å². The molecule has 3 fully saturated rings. The minimum Gasteiger partial charge on any atom is -0.298 e. The van der Waals surface area contributed by atoms with Crippen LogP contribution in [0.4, 0.5) is 0 Å². The smallest absolute Gasteiger partial charge is 0.0237 e. The highest BCUT2D eigenvalue weighted by Gasteiger charge is 2.39. The summed E-state index contributed by atoms with van der Waals surface area (Å²) < 4.78 is 0. The van der Waals surface area contributed by atoms with Crippen LogP contribution in [0.5, 0.6) is 0 Å². The Kier molecular flexibility index (Phi) is 5.52. The highest BCUT2D eigenvalue weighted by Crippen LogP contribution is 2.37. The first kappa shape index (κ1) is 17.5. The van der Waals surface area contributed by atoms with Crippen molar-refractivity contribution in [3.63, 3.8) is 0 Å². The Morgan fingerprint density at radius 1 is 0.962 bits per heavy atom. The number of rotatable bonds is 7. The third kappa shape index (κ3) is 4.08. The fourth-order valence-corrected chi connectivity index (χ4v) is 4.80. The van der Waals surface area contributed by atoms with Crippen LogP contribution in [0, 0.1) is 11.8 Å². The average Bonchev–Trinajstić information content (AvgIpc) is 2.70. The van der Waals surface area contributed by atoms with Crippen LogP contribution < -0.4 is 0 Å². The second kappa shape index (κ2) is 8.20. The van der Waals surface area contributed by atoms with E-state index in [0.29, 0.717) is 12.0 Å². The van der Waals surface area contributed by atoms with E-state index in [0.717, 1.165) is 25.6 Å². The normalized spacial score (nSPS) is 27.6. The molecule has 3 saturated heterocycles. The maximum absolute atomic E-state index is 4.06. The molecule has 2 heteroatoms. The summed E-state index contributed by atoms with van der Waals surface area (Å²) in [7, 11) is 0. The summed E-state index contributed by atoms with van der Waals surface area (Å²) in [5, 5.41) is 0. The molecule has 2 bridgehead atoms. The van der Waals surface area contributed by atoms with Gasteiger partial charge in [0.2, 0.25) is 0 Å². The maximum Gasteiger partial charge on any atom is 0.0237 e.